The van der Waals surface area contributed by atoms with E-state index >= 15 is 0 Å². The summed E-state index contributed by atoms with van der Waals surface area (Å²) in [7, 11) is 0. The van der Waals surface area contributed by atoms with E-state index in [0.717, 1.165) is 19.4 Å². The lowest BCUT2D eigenvalue weighted by Gasteiger charge is -2.19. The van der Waals surface area contributed by atoms with E-state index in [0.29, 0.717) is 0 Å². The van der Waals surface area contributed by atoms with Crippen LogP contribution in [0.2, 0.25) is 0 Å². The third-order valence-corrected chi connectivity index (χ3v) is 3.07. The smallest absolute Gasteiger partial charge is 0.163 e. The predicted octanol–water partition coefficient (Wildman–Crippen LogP) is 1.07. The van der Waals surface area contributed by atoms with Gasteiger partial charge < -0.3 is 14.2 Å². The highest BCUT2D eigenvalue weighted by Gasteiger charge is 2.64. The van der Waals surface area contributed by atoms with Crippen molar-refractivity contribution in [3.63, 3.8) is 0 Å². The van der Waals surface area contributed by atoms with Crippen molar-refractivity contribution < 1.29 is 14.2 Å². The Hall–Kier alpha value is -0.120. The maximum atomic E-state index is 5.80. The van der Waals surface area contributed by atoms with Crippen LogP contribution in [0.4, 0.5) is 0 Å². The normalized spacial score (nSPS) is 54.5. The third kappa shape index (κ3) is 0.817. The molecule has 0 bridgehead atoms. The van der Waals surface area contributed by atoms with Crippen LogP contribution >= 0.6 is 0 Å². The highest BCUT2D eigenvalue weighted by Crippen LogP contribution is 2.51. The Morgan fingerprint density at radius 1 is 1.25 bits per heavy atom. The van der Waals surface area contributed by atoms with Gasteiger partial charge in [-0.2, -0.15) is 0 Å². The lowest BCUT2D eigenvalue weighted by Crippen LogP contribution is -2.31. The number of fused-ring (bicyclic) bond motifs is 2. The summed E-state index contributed by atoms with van der Waals surface area (Å²) in [6, 6.07) is 0. The SMILES string of the molecule is CC1(C)O[C@@H]2[C@@H](CC[C@]23CO3)O1. The number of rotatable bonds is 0. The molecule has 0 amide bonds. The molecule has 1 saturated carbocycles. The second-order valence-electron chi connectivity index (χ2n) is 4.49. The van der Waals surface area contributed by atoms with Crippen molar-refractivity contribution in [3.8, 4) is 0 Å². The molecule has 3 atom stereocenters. The van der Waals surface area contributed by atoms with Crippen molar-refractivity contribution in [2.45, 2.75) is 50.3 Å². The Morgan fingerprint density at radius 2 is 2.00 bits per heavy atom. The number of hydrogen-bond donors (Lipinski definition) is 0. The maximum Gasteiger partial charge on any atom is 0.163 e. The molecule has 2 saturated heterocycles. The van der Waals surface area contributed by atoms with Crippen molar-refractivity contribution in [1.29, 1.82) is 0 Å². The van der Waals surface area contributed by atoms with Gasteiger partial charge in [-0.05, 0) is 26.7 Å². The van der Waals surface area contributed by atoms with Crippen LogP contribution in [0.15, 0.2) is 0 Å². The summed E-state index contributed by atoms with van der Waals surface area (Å²) in [6.07, 6.45) is 2.68. The zero-order valence-electron chi connectivity index (χ0n) is 7.50. The molecule has 0 aromatic rings. The van der Waals surface area contributed by atoms with Gasteiger partial charge in [0.15, 0.2) is 5.79 Å². The molecule has 3 rings (SSSR count). The average Bonchev–Trinajstić information content (AvgIpc) is 2.60. The molecular weight excluding hydrogens is 156 g/mol. The lowest BCUT2D eigenvalue weighted by atomic mass is 10.1. The van der Waals surface area contributed by atoms with Crippen molar-refractivity contribution >= 4 is 0 Å². The number of hydrogen-bond acceptors (Lipinski definition) is 3. The first kappa shape index (κ1) is 7.30. The lowest BCUT2D eigenvalue weighted by molar-refractivity contribution is -0.157. The van der Waals surface area contributed by atoms with E-state index in [9.17, 15) is 0 Å². The van der Waals surface area contributed by atoms with Crippen molar-refractivity contribution in [2.24, 2.45) is 0 Å². The van der Waals surface area contributed by atoms with Gasteiger partial charge in [0.2, 0.25) is 0 Å². The van der Waals surface area contributed by atoms with Crippen LogP contribution in [0.5, 0.6) is 0 Å². The van der Waals surface area contributed by atoms with E-state index in [-0.39, 0.29) is 17.8 Å². The zero-order chi connectivity index (χ0) is 8.40. The van der Waals surface area contributed by atoms with E-state index < -0.39 is 5.79 Å². The van der Waals surface area contributed by atoms with Crippen LogP contribution in [0.25, 0.3) is 0 Å². The molecule has 0 radical (unpaired) electrons. The molecule has 0 aromatic carbocycles. The predicted molar refractivity (Wildman–Crippen MR) is 41.7 cm³/mol. The monoisotopic (exact) mass is 170 g/mol. The summed E-state index contributed by atoms with van der Waals surface area (Å²) in [5.41, 5.74) is 0.0540. The first-order valence-electron chi connectivity index (χ1n) is 4.61. The van der Waals surface area contributed by atoms with Gasteiger partial charge >= 0.3 is 0 Å². The van der Waals surface area contributed by atoms with Crippen LogP contribution in [0.1, 0.15) is 26.7 Å². The fourth-order valence-electron chi connectivity index (χ4n) is 2.42. The summed E-state index contributed by atoms with van der Waals surface area (Å²) in [5, 5.41) is 0. The maximum absolute atomic E-state index is 5.80. The molecule has 2 aliphatic heterocycles. The Bertz CT molecular complexity index is 220. The van der Waals surface area contributed by atoms with Gasteiger partial charge in [-0.15, -0.1) is 0 Å². The van der Waals surface area contributed by atoms with Crippen molar-refractivity contribution in [2.75, 3.05) is 6.61 Å². The summed E-state index contributed by atoms with van der Waals surface area (Å²) < 4.78 is 17.0. The Kier molecular flexibility index (Phi) is 1.13. The van der Waals surface area contributed by atoms with Gasteiger partial charge in [-0.25, -0.2) is 0 Å². The Morgan fingerprint density at radius 3 is 2.67 bits per heavy atom. The molecule has 3 heteroatoms. The number of epoxide rings is 1. The number of ether oxygens (including phenoxy) is 3. The Labute approximate surface area is 72.0 Å². The highest BCUT2D eigenvalue weighted by atomic mass is 16.8. The first-order chi connectivity index (χ1) is 5.61. The molecule has 68 valence electrons. The van der Waals surface area contributed by atoms with Gasteiger partial charge in [-0.1, -0.05) is 0 Å². The van der Waals surface area contributed by atoms with Crippen LogP contribution in [0.3, 0.4) is 0 Å². The quantitative estimate of drug-likeness (QED) is 0.509. The minimum absolute atomic E-state index is 0.0540. The van der Waals surface area contributed by atoms with Crippen LogP contribution < -0.4 is 0 Å². The van der Waals surface area contributed by atoms with Crippen molar-refractivity contribution in [1.82, 2.24) is 0 Å². The molecule has 1 aliphatic carbocycles. The average molecular weight is 170 g/mol. The van der Waals surface area contributed by atoms with Gasteiger partial charge in [-0.3, -0.25) is 0 Å². The molecule has 1 spiro atoms. The molecular formula is C9H14O3. The Balaban J connectivity index is 1.86. The van der Waals surface area contributed by atoms with Crippen LogP contribution in [-0.4, -0.2) is 30.2 Å². The molecule has 0 N–H and O–H groups in total. The molecule has 3 aliphatic rings. The fourth-order valence-corrected chi connectivity index (χ4v) is 2.42. The van der Waals surface area contributed by atoms with Gasteiger partial charge in [0, 0.05) is 0 Å². The van der Waals surface area contributed by atoms with E-state index in [2.05, 4.69) is 0 Å². The summed E-state index contributed by atoms with van der Waals surface area (Å²) in [4.78, 5) is 0. The minimum Gasteiger partial charge on any atom is -0.367 e. The van der Waals surface area contributed by atoms with Gasteiger partial charge in [0.1, 0.15) is 11.7 Å². The van der Waals surface area contributed by atoms with E-state index in [1.807, 2.05) is 13.8 Å². The van der Waals surface area contributed by atoms with Crippen molar-refractivity contribution in [3.05, 3.63) is 0 Å². The molecule has 0 aromatic heterocycles. The fraction of sp³-hybridized carbons (Fsp3) is 1.00. The third-order valence-electron chi connectivity index (χ3n) is 3.07. The highest BCUT2D eigenvalue weighted by molar-refractivity contribution is 5.11. The van der Waals surface area contributed by atoms with E-state index in [1.54, 1.807) is 0 Å². The standard InChI is InChI=1S/C9H14O3/c1-8(2)11-6-3-4-9(5-10-9)7(6)12-8/h6-7H,3-5H2,1-2H3/t6-,7-,9+/m1/s1. The summed E-state index contributed by atoms with van der Waals surface area (Å²) in [5.74, 6) is -0.394. The largest absolute Gasteiger partial charge is 0.367 e. The van der Waals surface area contributed by atoms with Crippen LogP contribution in [0, 0.1) is 0 Å². The summed E-state index contributed by atoms with van der Waals surface area (Å²) in [6.45, 7) is 4.82. The van der Waals surface area contributed by atoms with E-state index in [1.165, 1.54) is 0 Å². The molecule has 12 heavy (non-hydrogen) atoms. The van der Waals surface area contributed by atoms with Gasteiger partial charge in [0.25, 0.3) is 0 Å². The molecule has 3 nitrogen and oxygen atoms in total. The van der Waals surface area contributed by atoms with Gasteiger partial charge in [0.05, 0.1) is 12.7 Å². The second kappa shape index (κ2) is 1.86. The second-order valence-corrected chi connectivity index (χ2v) is 4.49. The summed E-state index contributed by atoms with van der Waals surface area (Å²) >= 11 is 0. The zero-order valence-corrected chi connectivity index (χ0v) is 7.50. The van der Waals surface area contributed by atoms with Crippen LogP contribution in [-0.2, 0) is 14.2 Å². The molecule has 2 heterocycles. The first-order valence-corrected chi connectivity index (χ1v) is 4.61. The molecule has 3 fully saturated rings. The topological polar surface area (TPSA) is 31.0 Å². The van der Waals surface area contributed by atoms with E-state index in [4.69, 9.17) is 14.2 Å². The molecule has 0 unspecified atom stereocenters. The minimum atomic E-state index is -0.394.